The van der Waals surface area contributed by atoms with Gasteiger partial charge in [0.2, 0.25) is 15.9 Å². The van der Waals surface area contributed by atoms with Crippen LogP contribution in [0, 0.1) is 6.92 Å². The fourth-order valence-corrected chi connectivity index (χ4v) is 3.83. The number of rotatable bonds is 9. The number of sulfonamides is 1. The molecule has 7 nitrogen and oxygen atoms in total. The lowest BCUT2D eigenvalue weighted by Crippen LogP contribution is -2.37. The van der Waals surface area contributed by atoms with Crippen LogP contribution in [-0.2, 0) is 19.6 Å². The van der Waals surface area contributed by atoms with Crippen molar-refractivity contribution in [2.75, 3.05) is 29.0 Å². The molecule has 0 aliphatic carbocycles. The highest BCUT2D eigenvalue weighted by atomic mass is 35.5. The van der Waals surface area contributed by atoms with Crippen LogP contribution in [0.4, 0.5) is 11.4 Å². The molecule has 0 saturated carbocycles. The summed E-state index contributed by atoms with van der Waals surface area (Å²) in [7, 11) is -3.70. The summed E-state index contributed by atoms with van der Waals surface area (Å²) in [5, 5.41) is 3.11. The minimum absolute atomic E-state index is 0.360. The molecule has 0 aliphatic heterocycles. The Labute approximate surface area is 182 Å². The Kier molecular flexibility index (Phi) is 8.25. The summed E-state index contributed by atoms with van der Waals surface area (Å²) in [6.07, 6.45) is 2.76. The smallest absolute Gasteiger partial charge is 0.338 e. The van der Waals surface area contributed by atoms with Crippen molar-refractivity contribution in [2.45, 2.75) is 26.7 Å². The number of aryl methyl sites for hydroxylation is 1. The lowest BCUT2D eigenvalue weighted by Gasteiger charge is -2.23. The number of unbranched alkanes of at least 4 members (excludes halogenated alkanes) is 1. The number of anilines is 2. The van der Waals surface area contributed by atoms with Crippen molar-refractivity contribution in [3.8, 4) is 0 Å². The molecule has 9 heteroatoms. The van der Waals surface area contributed by atoms with Crippen molar-refractivity contribution < 1.29 is 22.7 Å². The third-order valence-corrected chi connectivity index (χ3v) is 5.61. The Morgan fingerprint density at radius 3 is 2.37 bits per heavy atom. The molecule has 2 rings (SSSR count). The van der Waals surface area contributed by atoms with Gasteiger partial charge in [-0.05, 0) is 61.4 Å². The molecule has 0 atom stereocenters. The number of benzene rings is 2. The average molecular weight is 453 g/mol. The van der Waals surface area contributed by atoms with Crippen LogP contribution in [0.1, 0.15) is 35.7 Å². The Morgan fingerprint density at radius 2 is 1.80 bits per heavy atom. The molecule has 0 heterocycles. The maximum atomic E-state index is 12.5. The van der Waals surface area contributed by atoms with Gasteiger partial charge in [0.15, 0.2) is 0 Å². The summed E-state index contributed by atoms with van der Waals surface area (Å²) in [5.74, 6) is -0.948. The van der Waals surface area contributed by atoms with E-state index in [0.29, 0.717) is 34.1 Å². The number of halogens is 1. The van der Waals surface area contributed by atoms with Crippen molar-refractivity contribution in [1.29, 1.82) is 0 Å². The van der Waals surface area contributed by atoms with E-state index in [4.69, 9.17) is 16.3 Å². The van der Waals surface area contributed by atoms with Crippen molar-refractivity contribution in [3.63, 3.8) is 0 Å². The van der Waals surface area contributed by atoms with Crippen LogP contribution in [0.15, 0.2) is 42.5 Å². The first-order chi connectivity index (χ1) is 14.1. The van der Waals surface area contributed by atoms with Gasteiger partial charge in [0.1, 0.15) is 6.54 Å². The van der Waals surface area contributed by atoms with Gasteiger partial charge in [0, 0.05) is 10.7 Å². The molecule has 30 heavy (non-hydrogen) atoms. The molecule has 0 unspecified atom stereocenters. The zero-order chi connectivity index (χ0) is 22.3. The van der Waals surface area contributed by atoms with E-state index in [9.17, 15) is 18.0 Å². The number of hydrogen-bond donors (Lipinski definition) is 1. The molecule has 0 aromatic heterocycles. The number of nitrogens with zero attached hydrogens (tertiary/aromatic N) is 1. The second kappa shape index (κ2) is 10.4. The summed E-state index contributed by atoms with van der Waals surface area (Å²) < 4.78 is 30.7. The van der Waals surface area contributed by atoms with E-state index in [2.05, 4.69) is 5.32 Å². The zero-order valence-electron chi connectivity index (χ0n) is 17.1. The molecule has 162 valence electrons. The summed E-state index contributed by atoms with van der Waals surface area (Å²) in [6, 6.07) is 11.0. The van der Waals surface area contributed by atoms with Gasteiger partial charge in [0.25, 0.3) is 0 Å². The monoisotopic (exact) mass is 452 g/mol. The Balaban J connectivity index is 2.08. The molecule has 0 aliphatic rings. The molecular formula is C21H25ClN2O5S. The predicted octanol–water partition coefficient (Wildman–Crippen LogP) is 4.01. The number of amides is 1. The van der Waals surface area contributed by atoms with E-state index in [1.807, 2.05) is 6.92 Å². The van der Waals surface area contributed by atoms with Gasteiger partial charge in [-0.25, -0.2) is 13.2 Å². The molecule has 0 spiro atoms. The van der Waals surface area contributed by atoms with Crippen molar-refractivity contribution >= 4 is 44.9 Å². The van der Waals surface area contributed by atoms with Gasteiger partial charge in [-0.15, -0.1) is 0 Å². The van der Waals surface area contributed by atoms with Crippen molar-refractivity contribution in [3.05, 3.63) is 58.6 Å². The molecular weight excluding hydrogens is 428 g/mol. The van der Waals surface area contributed by atoms with Crippen LogP contribution >= 0.6 is 11.6 Å². The second-order valence-corrected chi connectivity index (χ2v) is 9.16. The molecule has 0 radical (unpaired) electrons. The maximum Gasteiger partial charge on any atom is 0.338 e. The summed E-state index contributed by atoms with van der Waals surface area (Å²) in [4.78, 5) is 24.4. The van der Waals surface area contributed by atoms with Gasteiger partial charge in [-0.3, -0.25) is 9.10 Å². The number of ether oxygens (including phenoxy) is 1. The summed E-state index contributed by atoms with van der Waals surface area (Å²) in [6.45, 7) is 3.68. The van der Waals surface area contributed by atoms with Crippen LogP contribution in [0.3, 0.4) is 0 Å². The fraction of sp³-hybridized carbons (Fsp3) is 0.333. The number of esters is 1. The highest BCUT2D eigenvalue weighted by molar-refractivity contribution is 7.92. The first-order valence-electron chi connectivity index (χ1n) is 9.42. The van der Waals surface area contributed by atoms with Crippen molar-refractivity contribution in [2.24, 2.45) is 0 Å². The van der Waals surface area contributed by atoms with Crippen LogP contribution in [0.2, 0.25) is 5.02 Å². The fourth-order valence-electron chi connectivity index (χ4n) is 2.69. The average Bonchev–Trinajstić information content (AvgIpc) is 2.66. The van der Waals surface area contributed by atoms with Crippen LogP contribution in [-0.4, -0.2) is 39.7 Å². The first-order valence-corrected chi connectivity index (χ1v) is 11.7. The van der Waals surface area contributed by atoms with E-state index in [1.54, 1.807) is 49.4 Å². The van der Waals surface area contributed by atoms with Crippen molar-refractivity contribution in [1.82, 2.24) is 0 Å². The molecule has 0 fully saturated rings. The lowest BCUT2D eigenvalue weighted by molar-refractivity contribution is -0.114. The third-order valence-electron chi connectivity index (χ3n) is 4.25. The molecule has 2 aromatic rings. The van der Waals surface area contributed by atoms with Crippen LogP contribution in [0.25, 0.3) is 0 Å². The van der Waals surface area contributed by atoms with Gasteiger partial charge in [0.05, 0.1) is 24.1 Å². The number of hydrogen-bond acceptors (Lipinski definition) is 5. The zero-order valence-corrected chi connectivity index (χ0v) is 18.7. The highest BCUT2D eigenvalue weighted by Gasteiger charge is 2.22. The minimum Gasteiger partial charge on any atom is -0.462 e. The Morgan fingerprint density at radius 1 is 1.13 bits per heavy atom. The van der Waals surface area contributed by atoms with Gasteiger partial charge in [-0.1, -0.05) is 24.9 Å². The topological polar surface area (TPSA) is 92.8 Å². The lowest BCUT2D eigenvalue weighted by atomic mass is 10.2. The quantitative estimate of drug-likeness (QED) is 0.458. The minimum atomic E-state index is -3.70. The number of carbonyl (C=O) groups excluding carboxylic acids is 2. The highest BCUT2D eigenvalue weighted by Crippen LogP contribution is 2.25. The van der Waals surface area contributed by atoms with Crippen LogP contribution < -0.4 is 9.62 Å². The van der Waals surface area contributed by atoms with Gasteiger partial charge in [-0.2, -0.15) is 0 Å². The Bertz CT molecular complexity index is 1010. The standard InChI is InChI=1S/C21H25ClN2O5S/c1-4-5-12-29-21(26)16-6-9-18(10-7-16)23-20(25)14-24(30(3,27)28)19-11-8-17(22)13-15(19)2/h6-11,13H,4-5,12,14H2,1-3H3,(H,23,25). The van der Waals surface area contributed by atoms with E-state index in [1.165, 1.54) is 0 Å². The number of carbonyl (C=O) groups is 2. The first kappa shape index (κ1) is 23.7. The largest absolute Gasteiger partial charge is 0.462 e. The second-order valence-electron chi connectivity index (χ2n) is 6.82. The van der Waals surface area contributed by atoms with E-state index >= 15 is 0 Å². The van der Waals surface area contributed by atoms with E-state index in [0.717, 1.165) is 23.4 Å². The molecule has 0 saturated heterocycles. The van der Waals surface area contributed by atoms with Gasteiger partial charge < -0.3 is 10.1 Å². The van der Waals surface area contributed by atoms with Crippen LogP contribution in [0.5, 0.6) is 0 Å². The molecule has 2 aromatic carbocycles. The molecule has 1 amide bonds. The van der Waals surface area contributed by atoms with E-state index in [-0.39, 0.29) is 0 Å². The third kappa shape index (κ3) is 6.74. The molecule has 1 N–H and O–H groups in total. The molecule has 0 bridgehead atoms. The maximum absolute atomic E-state index is 12.5. The summed E-state index contributed by atoms with van der Waals surface area (Å²) >= 11 is 5.94. The van der Waals surface area contributed by atoms with E-state index < -0.39 is 28.4 Å². The Hall–Kier alpha value is -2.58. The predicted molar refractivity (Wildman–Crippen MR) is 119 cm³/mol. The number of nitrogens with one attached hydrogen (secondary N) is 1. The summed E-state index contributed by atoms with van der Waals surface area (Å²) in [5.41, 5.74) is 1.82. The van der Waals surface area contributed by atoms with Gasteiger partial charge >= 0.3 is 5.97 Å². The normalized spacial score (nSPS) is 11.1. The SMILES string of the molecule is CCCCOC(=O)c1ccc(NC(=O)CN(c2ccc(Cl)cc2C)S(C)(=O)=O)cc1.